The first-order valence-electron chi connectivity index (χ1n) is 6.50. The summed E-state index contributed by atoms with van der Waals surface area (Å²) < 4.78 is 0. The maximum absolute atomic E-state index is 11.7. The molecule has 1 aromatic carbocycles. The van der Waals surface area contributed by atoms with Crippen molar-refractivity contribution in [2.75, 3.05) is 33.4 Å². The van der Waals surface area contributed by atoms with Crippen LogP contribution in [0.3, 0.4) is 0 Å². The number of nitrogens with two attached hydrogens (primary N) is 1. The predicted molar refractivity (Wildman–Crippen MR) is 81.2 cm³/mol. The van der Waals surface area contributed by atoms with Crippen molar-refractivity contribution < 1.29 is 4.79 Å². The number of fused-ring (bicyclic) bond motifs is 1. The molecule has 0 atom stereocenters. The fraction of sp³-hybridized carbons (Fsp3) is 0.333. The van der Waals surface area contributed by atoms with Gasteiger partial charge in [-0.25, -0.2) is 4.98 Å². The largest absolute Gasteiger partial charge is 0.383 e. The topological polar surface area (TPSA) is 62.5 Å². The maximum Gasteiger partial charge on any atom is 0.236 e. The number of likely N-dealkylation sites (N-methyl/N-ethyl adjacent to an activating group) is 2. The van der Waals surface area contributed by atoms with Crippen LogP contribution in [0.25, 0.3) is 10.9 Å². The van der Waals surface area contributed by atoms with Crippen molar-refractivity contribution in [1.29, 1.82) is 0 Å². The Morgan fingerprint density at radius 3 is 2.65 bits per heavy atom. The van der Waals surface area contributed by atoms with Crippen LogP contribution in [0, 0.1) is 0 Å². The highest BCUT2D eigenvalue weighted by Gasteiger charge is 2.11. The highest BCUT2D eigenvalue weighted by Crippen LogP contribution is 2.19. The summed E-state index contributed by atoms with van der Waals surface area (Å²) in [5, 5.41) is 1.06. The molecule has 0 radical (unpaired) electrons. The Balaban J connectivity index is 2.16. The number of benzene rings is 1. The molecule has 2 aromatic rings. The van der Waals surface area contributed by atoms with E-state index >= 15 is 0 Å². The Hall–Kier alpha value is -2.14. The number of aromatic nitrogens is 1. The lowest BCUT2D eigenvalue weighted by atomic mass is 10.1. The first-order valence-corrected chi connectivity index (χ1v) is 6.50. The molecule has 0 aliphatic rings. The average molecular weight is 272 g/mol. The summed E-state index contributed by atoms with van der Waals surface area (Å²) in [5.41, 5.74) is 7.82. The molecule has 5 nitrogen and oxygen atoms in total. The number of rotatable bonds is 4. The number of carbonyl (C=O) groups excluding carboxylic acids is 1. The zero-order valence-corrected chi connectivity index (χ0v) is 12.1. The van der Waals surface area contributed by atoms with Crippen LogP contribution in [0.15, 0.2) is 30.3 Å². The summed E-state index contributed by atoms with van der Waals surface area (Å²) >= 11 is 0. The third-order valence-corrected chi connectivity index (χ3v) is 3.18. The second kappa shape index (κ2) is 5.88. The van der Waals surface area contributed by atoms with E-state index in [0.717, 1.165) is 16.5 Å². The molecule has 5 heteroatoms. The van der Waals surface area contributed by atoms with Crippen LogP contribution in [-0.4, -0.2) is 48.4 Å². The number of hydrogen-bond donors (Lipinski definition) is 1. The molecule has 106 valence electrons. The molecule has 0 spiro atoms. The Morgan fingerprint density at radius 1 is 1.25 bits per heavy atom. The van der Waals surface area contributed by atoms with Gasteiger partial charge in [0.2, 0.25) is 5.91 Å². The lowest BCUT2D eigenvalue weighted by molar-refractivity contribution is -0.129. The van der Waals surface area contributed by atoms with Crippen LogP contribution in [0.4, 0.5) is 5.82 Å². The quantitative estimate of drug-likeness (QED) is 0.912. The van der Waals surface area contributed by atoms with Crippen LogP contribution in [-0.2, 0) is 11.3 Å². The van der Waals surface area contributed by atoms with E-state index in [1.807, 2.05) is 42.3 Å². The third-order valence-electron chi connectivity index (χ3n) is 3.18. The highest BCUT2D eigenvalue weighted by atomic mass is 16.2. The monoisotopic (exact) mass is 272 g/mol. The number of hydrogen-bond acceptors (Lipinski definition) is 4. The molecule has 1 heterocycles. The number of amides is 1. The second-order valence-corrected chi connectivity index (χ2v) is 5.19. The van der Waals surface area contributed by atoms with E-state index in [0.29, 0.717) is 18.9 Å². The molecule has 0 bridgehead atoms. The van der Waals surface area contributed by atoms with Crippen LogP contribution >= 0.6 is 0 Å². The number of nitrogen functional groups attached to an aromatic ring is 1. The van der Waals surface area contributed by atoms with Gasteiger partial charge < -0.3 is 10.6 Å². The van der Waals surface area contributed by atoms with Gasteiger partial charge in [-0.1, -0.05) is 18.2 Å². The average Bonchev–Trinajstić information content (AvgIpc) is 2.39. The van der Waals surface area contributed by atoms with E-state index in [1.165, 1.54) is 0 Å². The molecule has 0 unspecified atom stereocenters. The number of anilines is 1. The summed E-state index contributed by atoms with van der Waals surface area (Å²) in [6, 6.07) is 9.90. The number of para-hydroxylation sites is 1. The summed E-state index contributed by atoms with van der Waals surface area (Å²) in [6.45, 7) is 0.961. The molecule has 0 saturated heterocycles. The van der Waals surface area contributed by atoms with Gasteiger partial charge in [0.25, 0.3) is 0 Å². The lowest BCUT2D eigenvalue weighted by Crippen LogP contribution is -2.34. The van der Waals surface area contributed by atoms with Crippen molar-refractivity contribution in [3.05, 3.63) is 35.9 Å². The van der Waals surface area contributed by atoms with Crippen molar-refractivity contribution in [1.82, 2.24) is 14.8 Å². The van der Waals surface area contributed by atoms with E-state index in [-0.39, 0.29) is 5.91 Å². The Kier molecular flexibility index (Phi) is 4.20. The first-order chi connectivity index (χ1) is 9.47. The van der Waals surface area contributed by atoms with Crippen LogP contribution in [0.1, 0.15) is 5.56 Å². The van der Waals surface area contributed by atoms with Gasteiger partial charge in [0, 0.05) is 31.6 Å². The Bertz CT molecular complexity index is 624. The Morgan fingerprint density at radius 2 is 1.95 bits per heavy atom. The van der Waals surface area contributed by atoms with Gasteiger partial charge in [-0.2, -0.15) is 0 Å². The van der Waals surface area contributed by atoms with E-state index in [4.69, 9.17) is 5.73 Å². The van der Waals surface area contributed by atoms with Gasteiger partial charge in [-0.05, 0) is 19.2 Å². The smallest absolute Gasteiger partial charge is 0.236 e. The second-order valence-electron chi connectivity index (χ2n) is 5.19. The normalized spacial score (nSPS) is 11.0. The molecule has 0 aliphatic heterocycles. The minimum atomic E-state index is 0.0693. The number of pyridine rings is 1. The molecule has 0 aliphatic carbocycles. The molecule has 2 N–H and O–H groups in total. The molecule has 20 heavy (non-hydrogen) atoms. The summed E-state index contributed by atoms with van der Waals surface area (Å²) in [7, 11) is 5.40. The predicted octanol–water partition coefficient (Wildman–Crippen LogP) is 1.34. The van der Waals surface area contributed by atoms with Crippen molar-refractivity contribution >= 4 is 22.6 Å². The summed E-state index contributed by atoms with van der Waals surface area (Å²) in [4.78, 5) is 19.6. The lowest BCUT2D eigenvalue weighted by Gasteiger charge is -2.19. The summed E-state index contributed by atoms with van der Waals surface area (Å²) in [6.07, 6.45) is 0. The fourth-order valence-corrected chi connectivity index (χ4v) is 2.02. The minimum Gasteiger partial charge on any atom is -0.383 e. The van der Waals surface area contributed by atoms with Gasteiger partial charge in [-0.15, -0.1) is 0 Å². The van der Waals surface area contributed by atoms with Crippen molar-refractivity contribution in [3.8, 4) is 0 Å². The zero-order valence-electron chi connectivity index (χ0n) is 12.1. The van der Waals surface area contributed by atoms with E-state index in [9.17, 15) is 4.79 Å². The zero-order chi connectivity index (χ0) is 14.7. The van der Waals surface area contributed by atoms with Gasteiger partial charge in [-0.3, -0.25) is 9.69 Å². The minimum absolute atomic E-state index is 0.0693. The molecular weight excluding hydrogens is 252 g/mol. The molecule has 0 fully saturated rings. The Labute approximate surface area is 119 Å². The van der Waals surface area contributed by atoms with E-state index in [1.54, 1.807) is 19.0 Å². The maximum atomic E-state index is 11.7. The number of nitrogens with zero attached hydrogens (tertiary/aromatic N) is 3. The van der Waals surface area contributed by atoms with Gasteiger partial charge >= 0.3 is 0 Å². The fourth-order valence-electron chi connectivity index (χ4n) is 2.02. The van der Waals surface area contributed by atoms with Crippen LogP contribution in [0.2, 0.25) is 0 Å². The van der Waals surface area contributed by atoms with E-state index < -0.39 is 0 Å². The van der Waals surface area contributed by atoms with Gasteiger partial charge in [0.1, 0.15) is 5.82 Å². The number of carbonyl (C=O) groups is 1. The van der Waals surface area contributed by atoms with Crippen molar-refractivity contribution in [2.45, 2.75) is 6.54 Å². The molecule has 1 amide bonds. The molecule has 2 rings (SSSR count). The van der Waals surface area contributed by atoms with Crippen molar-refractivity contribution in [2.24, 2.45) is 0 Å². The SMILES string of the molecule is CN(CC(=O)N(C)C)Cc1cc2ccccc2nc1N. The molecule has 1 aromatic heterocycles. The molecular formula is C15H20N4O. The molecule has 0 saturated carbocycles. The first kappa shape index (κ1) is 14.3. The highest BCUT2D eigenvalue weighted by molar-refractivity contribution is 5.81. The van der Waals surface area contributed by atoms with Crippen LogP contribution in [0.5, 0.6) is 0 Å². The van der Waals surface area contributed by atoms with Crippen LogP contribution < -0.4 is 5.73 Å². The standard InChI is InChI=1S/C15H20N4O/c1-18(2)14(20)10-19(3)9-12-8-11-6-4-5-7-13(11)17-15(12)16/h4-8H,9-10H2,1-3H3,(H2,16,17). The summed E-state index contributed by atoms with van der Waals surface area (Å²) in [5.74, 6) is 0.590. The van der Waals surface area contributed by atoms with Gasteiger partial charge in [0.15, 0.2) is 0 Å². The van der Waals surface area contributed by atoms with E-state index in [2.05, 4.69) is 4.98 Å². The van der Waals surface area contributed by atoms with Crippen molar-refractivity contribution in [3.63, 3.8) is 0 Å². The third kappa shape index (κ3) is 3.24. The van der Waals surface area contributed by atoms with Gasteiger partial charge in [0.05, 0.1) is 12.1 Å².